The Hall–Kier alpha value is -4.63. The highest BCUT2D eigenvalue weighted by molar-refractivity contribution is 7.81. The van der Waals surface area contributed by atoms with Crippen LogP contribution in [-0.2, 0) is 18.3 Å². The quantitative estimate of drug-likeness (QED) is 0.240. The van der Waals surface area contributed by atoms with E-state index < -0.39 is 5.54 Å². The van der Waals surface area contributed by atoms with Crippen molar-refractivity contribution < 1.29 is 9.53 Å². The van der Waals surface area contributed by atoms with Crippen LogP contribution in [0.3, 0.4) is 0 Å². The molecule has 0 atom stereocenters. The summed E-state index contributed by atoms with van der Waals surface area (Å²) in [6, 6.07) is 7.36. The fourth-order valence-corrected chi connectivity index (χ4v) is 6.37. The lowest BCUT2D eigenvalue weighted by molar-refractivity contribution is -0.123. The number of pyridine rings is 1. The highest BCUT2D eigenvalue weighted by Gasteiger charge is 2.59. The number of hydrogen-bond acceptors (Lipinski definition) is 7. The lowest BCUT2D eigenvalue weighted by Crippen LogP contribution is -2.55. The molecule has 1 aliphatic carbocycles. The maximum absolute atomic E-state index is 14.0. The zero-order valence-electron chi connectivity index (χ0n) is 23.9. The van der Waals surface area contributed by atoms with Crippen molar-refractivity contribution in [3.8, 4) is 17.1 Å². The molecule has 1 spiro atoms. The van der Waals surface area contributed by atoms with Gasteiger partial charge in [0.25, 0.3) is 17.3 Å². The third-order valence-electron chi connectivity index (χ3n) is 8.02. The van der Waals surface area contributed by atoms with E-state index in [0.29, 0.717) is 76.1 Å². The molecule has 0 unspecified atom stereocenters. The second kappa shape index (κ2) is 10.3. The molecule has 214 valence electrons. The lowest BCUT2D eigenvalue weighted by atomic mass is 9.75. The van der Waals surface area contributed by atoms with Crippen LogP contribution in [0.2, 0.25) is 0 Å². The minimum atomic E-state index is -0.823. The number of thiocarbonyl (C=S) groups is 1. The molecule has 1 N–H and O–H groups in total. The minimum Gasteiger partial charge on any atom is -0.493 e. The number of rotatable bonds is 7. The molecular weight excluding hydrogens is 552 g/mol. The van der Waals surface area contributed by atoms with Gasteiger partial charge >= 0.3 is 0 Å². The molecule has 2 fully saturated rings. The van der Waals surface area contributed by atoms with Crippen molar-refractivity contribution in [3.05, 3.63) is 63.5 Å². The summed E-state index contributed by atoms with van der Waals surface area (Å²) in [7, 11) is 1.74. The van der Waals surface area contributed by atoms with E-state index in [4.69, 9.17) is 28.5 Å². The third kappa shape index (κ3) is 4.07. The lowest BCUT2D eigenvalue weighted by Gasteiger charge is -2.43. The first-order chi connectivity index (χ1) is 20.2. The minimum absolute atomic E-state index is 0.113. The summed E-state index contributed by atoms with van der Waals surface area (Å²) in [5.41, 5.74) is 3.11. The highest BCUT2D eigenvalue weighted by atomic mass is 32.1. The molecule has 2 aliphatic rings. The third-order valence-corrected chi connectivity index (χ3v) is 8.38. The van der Waals surface area contributed by atoms with Gasteiger partial charge in [-0.15, -0.1) is 4.98 Å². The fraction of sp³-hybridized carbons (Fsp3) is 0.367. The Morgan fingerprint density at radius 2 is 1.98 bits per heavy atom. The Labute approximate surface area is 248 Å². The number of ether oxygens (including phenoxy) is 1. The van der Waals surface area contributed by atoms with E-state index in [1.165, 1.54) is 11.1 Å². The number of aryl methyl sites for hydroxylation is 3. The average Bonchev–Trinajstić information content (AvgIpc) is 3.39. The van der Waals surface area contributed by atoms with Crippen molar-refractivity contribution in [3.63, 3.8) is 0 Å². The van der Waals surface area contributed by atoms with Gasteiger partial charge in [0, 0.05) is 12.7 Å². The Morgan fingerprint density at radius 3 is 2.62 bits per heavy atom. The molecule has 11 nitrogen and oxygen atoms in total. The molecule has 3 aromatic heterocycles. The van der Waals surface area contributed by atoms with E-state index in [1.807, 2.05) is 30.0 Å². The van der Waals surface area contributed by atoms with Crippen LogP contribution in [0.4, 0.5) is 17.2 Å². The Morgan fingerprint density at radius 1 is 1.19 bits per heavy atom. The number of carbonyl (C=O) groups excluding carboxylic acids is 1. The molecule has 6 rings (SSSR count). The van der Waals surface area contributed by atoms with Gasteiger partial charge in [0.2, 0.25) is 0 Å². The van der Waals surface area contributed by atoms with Crippen LogP contribution in [0.5, 0.6) is 5.75 Å². The zero-order valence-corrected chi connectivity index (χ0v) is 24.7. The SMILES string of the molecule is [C-]#[N+]c1ncc(N2C(=O)C3(CCC3)N(c3ccc(OCC)c(-c4nc5c(CCC)nn(C)c5c(=O)[nH]4)c3)C2=S)cc1C. The molecule has 1 amide bonds. The van der Waals surface area contributed by atoms with Gasteiger partial charge in [0.15, 0.2) is 10.6 Å². The molecule has 1 aromatic carbocycles. The van der Waals surface area contributed by atoms with Crippen molar-refractivity contribution in [2.24, 2.45) is 7.05 Å². The number of anilines is 2. The molecule has 4 heterocycles. The summed E-state index contributed by atoms with van der Waals surface area (Å²) in [4.78, 5) is 46.2. The largest absolute Gasteiger partial charge is 0.493 e. The number of H-pyrrole nitrogens is 1. The average molecular weight is 583 g/mol. The van der Waals surface area contributed by atoms with Gasteiger partial charge in [0.1, 0.15) is 28.8 Å². The van der Waals surface area contributed by atoms with E-state index in [-0.39, 0.29) is 17.3 Å². The molecule has 0 radical (unpaired) electrons. The van der Waals surface area contributed by atoms with E-state index in [1.54, 1.807) is 24.7 Å². The number of nitrogens with zero attached hydrogens (tertiary/aromatic N) is 7. The van der Waals surface area contributed by atoms with E-state index in [0.717, 1.165) is 18.5 Å². The second-order valence-corrected chi connectivity index (χ2v) is 11.0. The van der Waals surface area contributed by atoms with Crippen LogP contribution < -0.4 is 20.1 Å². The number of fused-ring (bicyclic) bond motifs is 1. The van der Waals surface area contributed by atoms with E-state index >= 15 is 0 Å². The first kappa shape index (κ1) is 27.5. The maximum Gasteiger partial charge on any atom is 0.277 e. The number of aromatic nitrogens is 5. The predicted molar refractivity (Wildman–Crippen MR) is 164 cm³/mol. The molecule has 12 heteroatoms. The smallest absolute Gasteiger partial charge is 0.277 e. The molecule has 42 heavy (non-hydrogen) atoms. The molecule has 4 aromatic rings. The van der Waals surface area contributed by atoms with Crippen LogP contribution in [0, 0.1) is 13.5 Å². The van der Waals surface area contributed by atoms with Gasteiger partial charge in [0.05, 0.1) is 23.6 Å². The Balaban J connectivity index is 1.49. The van der Waals surface area contributed by atoms with Crippen molar-refractivity contribution in [2.75, 3.05) is 16.4 Å². The normalized spacial score (nSPS) is 15.9. The number of aromatic amines is 1. The first-order valence-corrected chi connectivity index (χ1v) is 14.4. The van der Waals surface area contributed by atoms with Crippen LogP contribution in [0.1, 0.15) is 50.8 Å². The monoisotopic (exact) mass is 582 g/mol. The number of hydrogen-bond donors (Lipinski definition) is 1. The van der Waals surface area contributed by atoms with Crippen molar-refractivity contribution in [2.45, 2.75) is 58.4 Å². The van der Waals surface area contributed by atoms with Gasteiger partial charge in [-0.05, 0) is 81.6 Å². The van der Waals surface area contributed by atoms with Crippen LogP contribution in [-0.4, -0.2) is 47.9 Å². The van der Waals surface area contributed by atoms with Crippen LogP contribution in [0.15, 0.2) is 35.3 Å². The molecule has 1 saturated heterocycles. The number of carbonyl (C=O) groups is 1. The predicted octanol–water partition coefficient (Wildman–Crippen LogP) is 4.99. The van der Waals surface area contributed by atoms with Crippen LogP contribution >= 0.6 is 12.2 Å². The summed E-state index contributed by atoms with van der Waals surface area (Å²) >= 11 is 5.96. The highest BCUT2D eigenvalue weighted by Crippen LogP contribution is 2.49. The summed E-state index contributed by atoms with van der Waals surface area (Å²) < 4.78 is 7.54. The van der Waals surface area contributed by atoms with Crippen molar-refractivity contribution >= 4 is 51.5 Å². The summed E-state index contributed by atoms with van der Waals surface area (Å²) in [5, 5.41) is 4.87. The fourth-order valence-electron chi connectivity index (χ4n) is 5.90. The second-order valence-electron chi connectivity index (χ2n) is 10.6. The van der Waals surface area contributed by atoms with Crippen LogP contribution in [0.25, 0.3) is 27.3 Å². The van der Waals surface area contributed by atoms with E-state index in [9.17, 15) is 9.59 Å². The molecular formula is C30H30N8O3S. The maximum atomic E-state index is 14.0. The number of benzene rings is 1. The Kier molecular flexibility index (Phi) is 6.77. The number of amides is 1. The van der Waals surface area contributed by atoms with Gasteiger partial charge in [-0.2, -0.15) is 5.10 Å². The van der Waals surface area contributed by atoms with Gasteiger partial charge in [-0.1, -0.05) is 19.9 Å². The standard InChI is InChI=1S/C30H30N8O3S/c1-6-9-21-23-24(36(5)35-21)27(39)34-26(33-23)20-15-18(10-11-22(20)41-7-2)38-29(42)37(28(40)30(38)12-8-13-30)19-14-17(3)25(31-4)32-16-19/h10-11,14-16H,6-9,12-13H2,1-3,5H3,(H,33,34,39). The van der Waals surface area contributed by atoms with Gasteiger partial charge in [-0.3, -0.25) is 19.2 Å². The molecule has 1 saturated carbocycles. The Bertz CT molecular complexity index is 1870. The van der Waals surface area contributed by atoms with Crippen molar-refractivity contribution in [1.29, 1.82) is 0 Å². The summed E-state index contributed by atoms with van der Waals surface area (Å²) in [6.07, 6.45) is 5.27. The topological polar surface area (TPSA) is 114 Å². The van der Waals surface area contributed by atoms with E-state index in [2.05, 4.69) is 26.8 Å². The zero-order chi connectivity index (χ0) is 29.8. The van der Waals surface area contributed by atoms with Gasteiger partial charge in [-0.25, -0.2) is 4.98 Å². The molecule has 1 aliphatic heterocycles. The van der Waals surface area contributed by atoms with Crippen molar-refractivity contribution in [1.82, 2.24) is 24.7 Å². The molecule has 0 bridgehead atoms. The summed E-state index contributed by atoms with van der Waals surface area (Å²) in [6.45, 7) is 13.5. The first-order valence-electron chi connectivity index (χ1n) is 14.0. The number of nitrogens with one attached hydrogen (secondary N) is 1. The summed E-state index contributed by atoms with van der Waals surface area (Å²) in [5.74, 6) is 1.08. The van der Waals surface area contributed by atoms with Gasteiger partial charge < -0.3 is 19.5 Å².